The molecule has 4 heteroatoms. The van der Waals surface area contributed by atoms with E-state index < -0.39 is 0 Å². The quantitative estimate of drug-likeness (QED) is 0.811. The number of nitriles is 2. The van der Waals surface area contributed by atoms with Crippen molar-refractivity contribution in [3.05, 3.63) is 59.7 Å². The second-order valence-corrected chi connectivity index (χ2v) is 4.21. The third-order valence-electron chi connectivity index (χ3n) is 2.67. The predicted molar refractivity (Wildman–Crippen MR) is 81.1 cm³/mol. The van der Waals surface area contributed by atoms with Crippen LogP contribution in [0.15, 0.2) is 48.5 Å². The lowest BCUT2D eigenvalue weighted by Crippen LogP contribution is -1.97. The van der Waals surface area contributed by atoms with Gasteiger partial charge in [-0.25, -0.2) is 0 Å². The molecule has 0 aromatic heterocycles. The monoisotopic (exact) mass is 288 g/mol. The first kappa shape index (κ1) is 15.0. The summed E-state index contributed by atoms with van der Waals surface area (Å²) >= 11 is 0. The summed E-state index contributed by atoms with van der Waals surface area (Å²) in [6.45, 7) is 0.437. The molecule has 0 aliphatic rings. The van der Waals surface area contributed by atoms with E-state index in [-0.39, 0.29) is 13.2 Å². The molecule has 0 saturated heterocycles. The van der Waals surface area contributed by atoms with E-state index in [1.165, 1.54) is 0 Å². The maximum absolute atomic E-state index is 8.78. The average molecular weight is 288 g/mol. The van der Waals surface area contributed by atoms with Crippen LogP contribution in [-0.4, -0.2) is 13.2 Å². The van der Waals surface area contributed by atoms with Crippen LogP contribution in [0.3, 0.4) is 0 Å². The minimum Gasteiger partial charge on any atom is -0.481 e. The molecule has 2 rings (SSSR count). The Bertz CT molecular complexity index is 723. The highest BCUT2D eigenvalue weighted by Gasteiger charge is 1.95. The highest BCUT2D eigenvalue weighted by Crippen LogP contribution is 2.12. The van der Waals surface area contributed by atoms with Crippen LogP contribution in [-0.2, 0) is 0 Å². The molecule has 0 radical (unpaired) electrons. The number of hydrogen-bond donors (Lipinski definition) is 0. The predicted octanol–water partition coefficient (Wildman–Crippen LogP) is 2.89. The second kappa shape index (κ2) is 8.00. The summed E-state index contributed by atoms with van der Waals surface area (Å²) in [6, 6.07) is 17.9. The fourth-order valence-corrected chi connectivity index (χ4v) is 1.65. The molecule has 22 heavy (non-hydrogen) atoms. The van der Waals surface area contributed by atoms with Gasteiger partial charge in [-0.15, -0.1) is 0 Å². The smallest absolute Gasteiger partial charge is 0.149 e. The molecular weight excluding hydrogens is 276 g/mol. The second-order valence-electron chi connectivity index (χ2n) is 4.21. The summed E-state index contributed by atoms with van der Waals surface area (Å²) in [7, 11) is 0. The Morgan fingerprint density at radius 2 is 1.18 bits per heavy atom. The SMILES string of the molecule is N#Cc1cccc(OCC#CCOc2cccc(C#N)c2)c1. The van der Waals surface area contributed by atoms with Crippen LogP contribution in [0.25, 0.3) is 0 Å². The molecule has 0 N–H and O–H groups in total. The number of ether oxygens (including phenoxy) is 2. The van der Waals surface area contributed by atoms with E-state index in [0.29, 0.717) is 22.6 Å². The van der Waals surface area contributed by atoms with Crippen LogP contribution in [0.2, 0.25) is 0 Å². The van der Waals surface area contributed by atoms with Crippen molar-refractivity contribution in [2.45, 2.75) is 0 Å². The van der Waals surface area contributed by atoms with Gasteiger partial charge in [-0.2, -0.15) is 10.5 Å². The summed E-state index contributed by atoms with van der Waals surface area (Å²) in [4.78, 5) is 0. The summed E-state index contributed by atoms with van der Waals surface area (Å²) in [5.74, 6) is 6.86. The van der Waals surface area contributed by atoms with Crippen molar-refractivity contribution in [3.8, 4) is 35.5 Å². The fraction of sp³-hybridized carbons (Fsp3) is 0.111. The van der Waals surface area contributed by atoms with Gasteiger partial charge in [0, 0.05) is 0 Å². The standard InChI is InChI=1S/C18H12N2O2/c19-13-15-5-3-7-17(11-15)21-9-1-2-10-22-18-8-4-6-16(12-18)14-20/h3-8,11-12H,9-10H2. The third-order valence-corrected chi connectivity index (χ3v) is 2.67. The highest BCUT2D eigenvalue weighted by atomic mass is 16.5. The van der Waals surface area contributed by atoms with Crippen molar-refractivity contribution in [1.29, 1.82) is 10.5 Å². The lowest BCUT2D eigenvalue weighted by atomic mass is 10.2. The maximum Gasteiger partial charge on any atom is 0.149 e. The van der Waals surface area contributed by atoms with Gasteiger partial charge in [0.1, 0.15) is 24.7 Å². The first-order valence-corrected chi connectivity index (χ1v) is 6.53. The summed E-state index contributed by atoms with van der Waals surface area (Å²) in [5.41, 5.74) is 1.09. The molecule has 0 bridgehead atoms. The zero-order valence-electron chi connectivity index (χ0n) is 11.7. The molecule has 106 valence electrons. The Labute approximate surface area is 129 Å². The van der Waals surface area contributed by atoms with Gasteiger partial charge in [0.15, 0.2) is 0 Å². The Kier molecular flexibility index (Phi) is 5.45. The van der Waals surface area contributed by atoms with Crippen LogP contribution in [0.4, 0.5) is 0 Å². The molecule has 0 aliphatic heterocycles. The molecular formula is C18H12N2O2. The van der Waals surface area contributed by atoms with Gasteiger partial charge in [0.2, 0.25) is 0 Å². The largest absolute Gasteiger partial charge is 0.481 e. The topological polar surface area (TPSA) is 66.0 Å². The number of benzene rings is 2. The van der Waals surface area contributed by atoms with Crippen molar-refractivity contribution < 1.29 is 9.47 Å². The van der Waals surface area contributed by atoms with Crippen LogP contribution >= 0.6 is 0 Å². The molecule has 0 aliphatic carbocycles. The van der Waals surface area contributed by atoms with E-state index in [0.717, 1.165) is 0 Å². The normalized spacial score (nSPS) is 8.82. The third kappa shape index (κ3) is 4.60. The summed E-state index contributed by atoms with van der Waals surface area (Å²) in [5, 5.41) is 17.6. The van der Waals surface area contributed by atoms with Gasteiger partial charge in [-0.1, -0.05) is 24.0 Å². The van der Waals surface area contributed by atoms with Gasteiger partial charge >= 0.3 is 0 Å². The van der Waals surface area contributed by atoms with Crippen molar-refractivity contribution in [2.24, 2.45) is 0 Å². The van der Waals surface area contributed by atoms with E-state index >= 15 is 0 Å². The Balaban J connectivity index is 1.77. The van der Waals surface area contributed by atoms with Gasteiger partial charge in [-0.3, -0.25) is 0 Å². The van der Waals surface area contributed by atoms with Crippen molar-refractivity contribution in [1.82, 2.24) is 0 Å². The molecule has 0 heterocycles. The number of nitrogens with zero attached hydrogens (tertiary/aromatic N) is 2. The van der Waals surface area contributed by atoms with Gasteiger partial charge in [0.05, 0.1) is 23.3 Å². The summed E-state index contributed by atoms with van der Waals surface area (Å²) < 4.78 is 10.8. The number of rotatable bonds is 4. The Morgan fingerprint density at radius 3 is 1.59 bits per heavy atom. The zero-order valence-corrected chi connectivity index (χ0v) is 11.7. The lowest BCUT2D eigenvalue weighted by Gasteiger charge is -2.02. The van der Waals surface area contributed by atoms with Gasteiger partial charge in [-0.05, 0) is 36.4 Å². The first-order valence-electron chi connectivity index (χ1n) is 6.53. The molecule has 0 fully saturated rings. The molecule has 0 spiro atoms. The zero-order chi connectivity index (χ0) is 15.6. The average Bonchev–Trinajstić information content (AvgIpc) is 2.58. The Hall–Kier alpha value is -3.42. The van der Waals surface area contributed by atoms with Crippen LogP contribution < -0.4 is 9.47 Å². The maximum atomic E-state index is 8.78. The molecule has 0 unspecified atom stereocenters. The van der Waals surface area contributed by atoms with E-state index in [1.54, 1.807) is 48.5 Å². The first-order chi connectivity index (χ1) is 10.8. The van der Waals surface area contributed by atoms with Gasteiger partial charge < -0.3 is 9.47 Å². The molecule has 4 nitrogen and oxygen atoms in total. The van der Waals surface area contributed by atoms with Crippen molar-refractivity contribution in [3.63, 3.8) is 0 Å². The molecule has 2 aromatic carbocycles. The Morgan fingerprint density at radius 1 is 0.727 bits per heavy atom. The van der Waals surface area contributed by atoms with E-state index in [4.69, 9.17) is 20.0 Å². The molecule has 0 amide bonds. The van der Waals surface area contributed by atoms with Crippen LogP contribution in [0.1, 0.15) is 11.1 Å². The molecule has 0 atom stereocenters. The van der Waals surface area contributed by atoms with E-state index in [9.17, 15) is 0 Å². The minimum atomic E-state index is 0.219. The highest BCUT2D eigenvalue weighted by molar-refractivity contribution is 5.37. The van der Waals surface area contributed by atoms with E-state index in [2.05, 4.69) is 11.8 Å². The molecule has 0 saturated carbocycles. The minimum absolute atomic E-state index is 0.219. The fourth-order valence-electron chi connectivity index (χ4n) is 1.65. The number of hydrogen-bond acceptors (Lipinski definition) is 4. The van der Waals surface area contributed by atoms with Crippen molar-refractivity contribution >= 4 is 0 Å². The lowest BCUT2D eigenvalue weighted by molar-refractivity contribution is 0.362. The van der Waals surface area contributed by atoms with Crippen molar-refractivity contribution in [2.75, 3.05) is 13.2 Å². The van der Waals surface area contributed by atoms with E-state index in [1.807, 2.05) is 12.1 Å². The molecule has 2 aromatic rings. The van der Waals surface area contributed by atoms with Crippen LogP contribution in [0.5, 0.6) is 11.5 Å². The van der Waals surface area contributed by atoms with Gasteiger partial charge in [0.25, 0.3) is 0 Å². The van der Waals surface area contributed by atoms with Crippen LogP contribution in [0, 0.1) is 34.5 Å². The summed E-state index contributed by atoms with van der Waals surface area (Å²) in [6.07, 6.45) is 0.